The Morgan fingerprint density at radius 1 is 1.19 bits per heavy atom. The number of carbonyl (C=O) groups excluding carboxylic acids is 1. The third-order valence-corrected chi connectivity index (χ3v) is 4.65. The van der Waals surface area contributed by atoms with E-state index in [-0.39, 0.29) is 5.91 Å². The zero-order valence-corrected chi connectivity index (χ0v) is 11.9. The van der Waals surface area contributed by atoms with Gasteiger partial charge in [0.05, 0.1) is 5.54 Å². The lowest BCUT2D eigenvalue weighted by Gasteiger charge is -2.37. The van der Waals surface area contributed by atoms with Crippen molar-refractivity contribution in [3.05, 3.63) is 29.8 Å². The van der Waals surface area contributed by atoms with Crippen LogP contribution in [0.4, 0.5) is 5.69 Å². The number of anilines is 1. The number of carbonyl (C=O) groups is 2. The van der Waals surface area contributed by atoms with Gasteiger partial charge in [0, 0.05) is 12.1 Å². The Kier molecular flexibility index (Phi) is 3.45. The molecule has 0 spiro atoms. The van der Waals surface area contributed by atoms with Crippen LogP contribution in [-0.4, -0.2) is 28.6 Å². The molecule has 1 aromatic carbocycles. The molecular formula is C16H20N2O3. The third-order valence-electron chi connectivity index (χ3n) is 4.65. The average molecular weight is 288 g/mol. The Labute approximate surface area is 123 Å². The van der Waals surface area contributed by atoms with Crippen molar-refractivity contribution in [1.82, 2.24) is 0 Å². The molecule has 1 saturated carbocycles. The maximum Gasteiger partial charge on any atom is 0.327 e. The van der Waals surface area contributed by atoms with Gasteiger partial charge < -0.3 is 10.8 Å². The van der Waals surface area contributed by atoms with Crippen LogP contribution in [0.15, 0.2) is 24.3 Å². The van der Waals surface area contributed by atoms with Gasteiger partial charge in [0.25, 0.3) is 0 Å². The van der Waals surface area contributed by atoms with Crippen molar-refractivity contribution in [2.75, 3.05) is 4.90 Å². The highest BCUT2D eigenvalue weighted by molar-refractivity contribution is 6.06. The summed E-state index contributed by atoms with van der Waals surface area (Å²) in [5, 5.41) is 9.45. The van der Waals surface area contributed by atoms with Gasteiger partial charge in [-0.2, -0.15) is 0 Å². The van der Waals surface area contributed by atoms with E-state index >= 15 is 0 Å². The smallest absolute Gasteiger partial charge is 0.327 e. The number of aliphatic carboxylic acids is 1. The number of amides is 1. The second-order valence-electron chi connectivity index (χ2n) is 6.08. The van der Waals surface area contributed by atoms with E-state index in [0.717, 1.165) is 24.8 Å². The van der Waals surface area contributed by atoms with E-state index in [1.54, 1.807) is 0 Å². The molecule has 3 rings (SSSR count). The molecule has 1 aromatic rings. The fourth-order valence-corrected chi connectivity index (χ4v) is 3.47. The SMILES string of the molecule is NC1(C(=O)N2c3ccccc3CC2C(=O)O)CCCCC1. The van der Waals surface area contributed by atoms with Gasteiger partial charge in [-0.15, -0.1) is 0 Å². The highest BCUT2D eigenvalue weighted by Gasteiger charge is 2.46. The minimum Gasteiger partial charge on any atom is -0.480 e. The zero-order chi connectivity index (χ0) is 15.0. The number of rotatable bonds is 2. The minimum atomic E-state index is -0.973. The van der Waals surface area contributed by atoms with Gasteiger partial charge in [-0.25, -0.2) is 4.79 Å². The summed E-state index contributed by atoms with van der Waals surface area (Å²) in [6.45, 7) is 0. The lowest BCUT2D eigenvalue weighted by atomic mass is 9.81. The standard InChI is InChI=1S/C16H20N2O3/c17-16(8-4-1-5-9-16)15(21)18-12-7-3-2-6-11(12)10-13(18)14(19)20/h2-3,6-7,13H,1,4-5,8-10,17H2,(H,19,20). The van der Waals surface area contributed by atoms with Crippen molar-refractivity contribution in [2.24, 2.45) is 5.73 Å². The molecule has 1 aliphatic carbocycles. The highest BCUT2D eigenvalue weighted by Crippen LogP contribution is 2.36. The van der Waals surface area contributed by atoms with Crippen molar-refractivity contribution < 1.29 is 14.7 Å². The van der Waals surface area contributed by atoms with Crippen molar-refractivity contribution in [3.63, 3.8) is 0 Å². The minimum absolute atomic E-state index is 0.237. The highest BCUT2D eigenvalue weighted by atomic mass is 16.4. The summed E-state index contributed by atoms with van der Waals surface area (Å²) in [5.74, 6) is -1.21. The molecule has 2 aliphatic rings. The van der Waals surface area contributed by atoms with E-state index in [4.69, 9.17) is 5.73 Å². The normalized spacial score (nSPS) is 23.7. The molecule has 21 heavy (non-hydrogen) atoms. The average Bonchev–Trinajstić information content (AvgIpc) is 2.86. The van der Waals surface area contributed by atoms with Gasteiger partial charge in [0.1, 0.15) is 6.04 Å². The Bertz CT molecular complexity index is 579. The van der Waals surface area contributed by atoms with Crippen LogP contribution < -0.4 is 10.6 Å². The quantitative estimate of drug-likeness (QED) is 0.867. The van der Waals surface area contributed by atoms with Gasteiger partial charge >= 0.3 is 5.97 Å². The maximum absolute atomic E-state index is 12.9. The van der Waals surface area contributed by atoms with E-state index in [0.29, 0.717) is 24.9 Å². The molecule has 1 heterocycles. The zero-order valence-electron chi connectivity index (χ0n) is 11.9. The topological polar surface area (TPSA) is 83.6 Å². The summed E-state index contributed by atoms with van der Waals surface area (Å²) < 4.78 is 0. The van der Waals surface area contributed by atoms with Gasteiger partial charge in [-0.3, -0.25) is 9.69 Å². The fourth-order valence-electron chi connectivity index (χ4n) is 3.47. The van der Waals surface area contributed by atoms with E-state index in [1.165, 1.54) is 4.90 Å². The molecule has 1 fully saturated rings. The summed E-state index contributed by atoms with van der Waals surface area (Å²) in [6, 6.07) is 6.54. The predicted octanol–water partition coefficient (Wildman–Crippen LogP) is 1.69. The molecule has 5 heteroatoms. The maximum atomic E-state index is 12.9. The van der Waals surface area contributed by atoms with Crippen molar-refractivity contribution in [2.45, 2.75) is 50.1 Å². The van der Waals surface area contributed by atoms with Crippen LogP contribution in [0.5, 0.6) is 0 Å². The molecule has 0 radical (unpaired) electrons. The third kappa shape index (κ3) is 2.31. The number of fused-ring (bicyclic) bond motifs is 1. The number of carboxylic acid groups (broad SMARTS) is 1. The Balaban J connectivity index is 1.97. The van der Waals surface area contributed by atoms with Gasteiger partial charge in [-0.1, -0.05) is 37.5 Å². The summed E-state index contributed by atoms with van der Waals surface area (Å²) in [5.41, 5.74) is 7.00. The lowest BCUT2D eigenvalue weighted by Crippen LogP contribution is -2.59. The van der Waals surface area contributed by atoms with Gasteiger partial charge in [0.2, 0.25) is 5.91 Å². The van der Waals surface area contributed by atoms with Crippen LogP contribution in [0.2, 0.25) is 0 Å². The molecular weight excluding hydrogens is 268 g/mol. The van der Waals surface area contributed by atoms with E-state index < -0.39 is 17.6 Å². The first-order chi connectivity index (χ1) is 10.0. The van der Waals surface area contributed by atoms with E-state index in [1.807, 2.05) is 24.3 Å². The summed E-state index contributed by atoms with van der Waals surface area (Å²) in [4.78, 5) is 25.9. The van der Waals surface area contributed by atoms with Crippen molar-refractivity contribution in [3.8, 4) is 0 Å². The molecule has 1 unspecified atom stereocenters. The lowest BCUT2D eigenvalue weighted by molar-refractivity contribution is -0.140. The molecule has 112 valence electrons. The fraction of sp³-hybridized carbons (Fsp3) is 0.500. The predicted molar refractivity (Wildman–Crippen MR) is 79.1 cm³/mol. The first-order valence-corrected chi connectivity index (χ1v) is 7.46. The van der Waals surface area contributed by atoms with Crippen molar-refractivity contribution in [1.29, 1.82) is 0 Å². The van der Waals surface area contributed by atoms with Gasteiger partial charge in [-0.05, 0) is 24.5 Å². The largest absolute Gasteiger partial charge is 0.480 e. The van der Waals surface area contributed by atoms with Crippen LogP contribution in [0.25, 0.3) is 0 Å². The van der Waals surface area contributed by atoms with E-state index in [9.17, 15) is 14.7 Å². The Hall–Kier alpha value is -1.88. The first kappa shape index (κ1) is 14.1. The molecule has 0 bridgehead atoms. The molecule has 5 nitrogen and oxygen atoms in total. The molecule has 3 N–H and O–H groups in total. The number of benzene rings is 1. The summed E-state index contributed by atoms with van der Waals surface area (Å²) in [6.07, 6.45) is 4.57. The van der Waals surface area contributed by atoms with Crippen LogP contribution in [0.1, 0.15) is 37.7 Å². The van der Waals surface area contributed by atoms with Crippen LogP contribution in [-0.2, 0) is 16.0 Å². The number of hydrogen-bond acceptors (Lipinski definition) is 3. The first-order valence-electron chi connectivity index (χ1n) is 7.46. The van der Waals surface area contributed by atoms with Gasteiger partial charge in [0.15, 0.2) is 0 Å². The molecule has 1 aliphatic heterocycles. The number of carboxylic acids is 1. The molecule has 0 aromatic heterocycles. The number of nitrogens with two attached hydrogens (primary N) is 1. The second-order valence-corrected chi connectivity index (χ2v) is 6.08. The number of nitrogens with zero attached hydrogens (tertiary/aromatic N) is 1. The number of hydrogen-bond donors (Lipinski definition) is 2. The molecule has 1 atom stereocenters. The molecule has 0 saturated heterocycles. The van der Waals surface area contributed by atoms with Crippen LogP contribution in [0, 0.1) is 0 Å². The monoisotopic (exact) mass is 288 g/mol. The van der Waals surface area contributed by atoms with E-state index in [2.05, 4.69) is 0 Å². The summed E-state index contributed by atoms with van der Waals surface area (Å²) in [7, 11) is 0. The van der Waals surface area contributed by atoms with Crippen LogP contribution in [0.3, 0.4) is 0 Å². The summed E-state index contributed by atoms with van der Waals surface area (Å²) >= 11 is 0. The Morgan fingerprint density at radius 2 is 1.86 bits per heavy atom. The van der Waals surface area contributed by atoms with Crippen LogP contribution >= 0.6 is 0 Å². The number of para-hydroxylation sites is 1. The Morgan fingerprint density at radius 3 is 2.52 bits per heavy atom. The second kappa shape index (κ2) is 5.15. The molecule has 1 amide bonds. The van der Waals surface area contributed by atoms with Crippen molar-refractivity contribution >= 4 is 17.6 Å².